The Hall–Kier alpha value is -1.90. The highest BCUT2D eigenvalue weighted by atomic mass is 35.5. The van der Waals surface area contributed by atoms with E-state index in [9.17, 15) is 0 Å². The molecule has 3 rings (SSSR count). The van der Waals surface area contributed by atoms with Crippen molar-refractivity contribution in [3.63, 3.8) is 0 Å². The van der Waals surface area contributed by atoms with E-state index in [1.165, 1.54) is 0 Å². The lowest BCUT2D eigenvalue weighted by Crippen LogP contribution is -2.05. The van der Waals surface area contributed by atoms with Crippen LogP contribution in [0.15, 0.2) is 54.7 Å². The number of benzene rings is 2. The second kappa shape index (κ2) is 5.61. The van der Waals surface area contributed by atoms with E-state index in [0.717, 1.165) is 39.2 Å². The predicted octanol–water partition coefficient (Wildman–Crippen LogP) is 4.27. The maximum atomic E-state index is 6.32. The van der Waals surface area contributed by atoms with Crippen molar-refractivity contribution >= 4 is 22.5 Å². The Morgan fingerprint density at radius 1 is 1.05 bits per heavy atom. The normalized spacial score (nSPS) is 10.9. The molecule has 1 heterocycles. The van der Waals surface area contributed by atoms with Crippen LogP contribution in [0.3, 0.4) is 0 Å². The Morgan fingerprint density at radius 2 is 1.85 bits per heavy atom. The first-order valence-corrected chi connectivity index (χ1v) is 6.94. The summed E-state index contributed by atoms with van der Waals surface area (Å²) in [7, 11) is 1.92. The molecule has 3 heteroatoms. The average Bonchev–Trinajstić information content (AvgIpc) is 2.49. The number of fused-ring (bicyclic) bond motifs is 1. The second-order valence-corrected chi connectivity index (χ2v) is 5.15. The molecule has 0 aliphatic heterocycles. The molecule has 1 N–H and O–H groups in total. The Morgan fingerprint density at radius 3 is 2.65 bits per heavy atom. The standard InChI is InChI=1S/C17H15ClN2/c1-19-11-15-7-6-13(9-16(15)18)14-5-4-12-3-2-8-20-17(12)10-14/h2-10,19H,11H2,1H3. The van der Waals surface area contributed by atoms with Crippen molar-refractivity contribution in [3.05, 3.63) is 65.3 Å². The maximum absolute atomic E-state index is 6.32. The minimum absolute atomic E-state index is 0.776. The molecule has 0 aliphatic carbocycles. The molecule has 2 aromatic carbocycles. The van der Waals surface area contributed by atoms with Gasteiger partial charge in [-0.1, -0.05) is 41.9 Å². The van der Waals surface area contributed by atoms with Crippen LogP contribution >= 0.6 is 11.6 Å². The summed E-state index contributed by atoms with van der Waals surface area (Å²) in [5, 5.41) is 5.05. The van der Waals surface area contributed by atoms with Crippen LogP contribution in [-0.4, -0.2) is 12.0 Å². The SMILES string of the molecule is CNCc1ccc(-c2ccc3cccnc3c2)cc1Cl. The van der Waals surface area contributed by atoms with Crippen LogP contribution in [0.25, 0.3) is 22.0 Å². The van der Waals surface area contributed by atoms with Gasteiger partial charge in [0.2, 0.25) is 0 Å². The number of rotatable bonds is 3. The van der Waals surface area contributed by atoms with Crippen molar-refractivity contribution in [2.75, 3.05) is 7.05 Å². The zero-order valence-electron chi connectivity index (χ0n) is 11.2. The highest BCUT2D eigenvalue weighted by Crippen LogP contribution is 2.27. The third-order valence-corrected chi connectivity index (χ3v) is 3.71. The molecule has 0 atom stereocenters. The van der Waals surface area contributed by atoms with E-state index in [4.69, 9.17) is 11.6 Å². The molecule has 3 aromatic rings. The summed E-state index contributed by atoms with van der Waals surface area (Å²) in [6.45, 7) is 0.776. The Kier molecular flexibility index (Phi) is 3.68. The fraction of sp³-hybridized carbons (Fsp3) is 0.118. The van der Waals surface area contributed by atoms with Crippen LogP contribution in [0, 0.1) is 0 Å². The smallest absolute Gasteiger partial charge is 0.0708 e. The molecule has 0 unspecified atom stereocenters. The number of halogens is 1. The van der Waals surface area contributed by atoms with Gasteiger partial charge in [0.05, 0.1) is 5.52 Å². The van der Waals surface area contributed by atoms with E-state index in [-0.39, 0.29) is 0 Å². The number of hydrogen-bond donors (Lipinski definition) is 1. The van der Waals surface area contributed by atoms with Gasteiger partial charge in [-0.3, -0.25) is 4.98 Å². The summed E-state index contributed by atoms with van der Waals surface area (Å²) in [6, 6.07) is 16.5. The second-order valence-electron chi connectivity index (χ2n) is 4.75. The van der Waals surface area contributed by atoms with E-state index < -0.39 is 0 Å². The lowest BCUT2D eigenvalue weighted by atomic mass is 10.0. The summed E-state index contributed by atoms with van der Waals surface area (Å²) in [5.74, 6) is 0. The number of aromatic nitrogens is 1. The fourth-order valence-electron chi connectivity index (χ4n) is 2.31. The van der Waals surface area contributed by atoms with E-state index in [1.54, 1.807) is 0 Å². The van der Waals surface area contributed by atoms with Gasteiger partial charge < -0.3 is 5.32 Å². The monoisotopic (exact) mass is 282 g/mol. The van der Waals surface area contributed by atoms with Crippen molar-refractivity contribution in [3.8, 4) is 11.1 Å². The Balaban J connectivity index is 2.04. The first kappa shape index (κ1) is 13.1. The summed E-state index contributed by atoms with van der Waals surface area (Å²) in [4.78, 5) is 4.39. The minimum atomic E-state index is 0.776. The van der Waals surface area contributed by atoms with Gasteiger partial charge in [-0.15, -0.1) is 0 Å². The van der Waals surface area contributed by atoms with Crippen LogP contribution in [0.5, 0.6) is 0 Å². The Labute approximate surface area is 123 Å². The lowest BCUT2D eigenvalue weighted by Gasteiger charge is -2.08. The van der Waals surface area contributed by atoms with Crippen LogP contribution < -0.4 is 5.32 Å². The summed E-state index contributed by atoms with van der Waals surface area (Å²) < 4.78 is 0. The van der Waals surface area contributed by atoms with Crippen molar-refractivity contribution in [1.82, 2.24) is 10.3 Å². The van der Waals surface area contributed by atoms with Gasteiger partial charge in [-0.2, -0.15) is 0 Å². The van der Waals surface area contributed by atoms with Gasteiger partial charge >= 0.3 is 0 Å². The third kappa shape index (κ3) is 2.53. The number of nitrogens with one attached hydrogen (secondary N) is 1. The zero-order valence-corrected chi connectivity index (χ0v) is 12.0. The maximum Gasteiger partial charge on any atom is 0.0708 e. The molecule has 20 heavy (non-hydrogen) atoms. The number of hydrogen-bond acceptors (Lipinski definition) is 2. The molecule has 100 valence electrons. The third-order valence-electron chi connectivity index (χ3n) is 3.36. The molecule has 0 fully saturated rings. The highest BCUT2D eigenvalue weighted by Gasteiger charge is 2.04. The van der Waals surface area contributed by atoms with Gasteiger partial charge in [0.1, 0.15) is 0 Å². The highest BCUT2D eigenvalue weighted by molar-refractivity contribution is 6.31. The molecule has 0 aliphatic rings. The molecule has 0 amide bonds. The molecule has 0 saturated carbocycles. The lowest BCUT2D eigenvalue weighted by molar-refractivity contribution is 0.818. The van der Waals surface area contributed by atoms with Crippen LogP contribution in [0.2, 0.25) is 5.02 Å². The minimum Gasteiger partial charge on any atom is -0.316 e. The molecule has 0 saturated heterocycles. The molecule has 2 nitrogen and oxygen atoms in total. The molecule has 0 radical (unpaired) electrons. The first-order valence-electron chi connectivity index (χ1n) is 6.56. The molecular weight excluding hydrogens is 268 g/mol. The largest absolute Gasteiger partial charge is 0.316 e. The average molecular weight is 283 g/mol. The van der Waals surface area contributed by atoms with Crippen LogP contribution in [0.1, 0.15) is 5.56 Å². The van der Waals surface area contributed by atoms with Gasteiger partial charge in [0.15, 0.2) is 0 Å². The van der Waals surface area contributed by atoms with Crippen LogP contribution in [0.4, 0.5) is 0 Å². The van der Waals surface area contributed by atoms with Gasteiger partial charge in [-0.25, -0.2) is 0 Å². The van der Waals surface area contributed by atoms with Crippen molar-refractivity contribution in [2.24, 2.45) is 0 Å². The predicted molar refractivity (Wildman–Crippen MR) is 85.0 cm³/mol. The number of pyridine rings is 1. The first-order chi connectivity index (χ1) is 9.78. The van der Waals surface area contributed by atoms with Gasteiger partial charge in [0, 0.05) is 23.2 Å². The summed E-state index contributed by atoms with van der Waals surface area (Å²) in [6.07, 6.45) is 1.81. The van der Waals surface area contributed by atoms with E-state index >= 15 is 0 Å². The zero-order chi connectivity index (χ0) is 13.9. The van der Waals surface area contributed by atoms with Crippen molar-refractivity contribution in [1.29, 1.82) is 0 Å². The molecule has 0 bridgehead atoms. The quantitative estimate of drug-likeness (QED) is 0.776. The van der Waals surface area contributed by atoms with E-state index in [1.807, 2.05) is 25.4 Å². The van der Waals surface area contributed by atoms with Crippen LogP contribution in [-0.2, 0) is 6.54 Å². The number of nitrogens with zero attached hydrogens (tertiary/aromatic N) is 1. The summed E-state index contributed by atoms with van der Waals surface area (Å²) in [5.41, 5.74) is 4.36. The van der Waals surface area contributed by atoms with Crippen molar-refractivity contribution < 1.29 is 0 Å². The van der Waals surface area contributed by atoms with Gasteiger partial charge in [-0.05, 0) is 41.9 Å². The molecule has 0 spiro atoms. The molecule has 1 aromatic heterocycles. The van der Waals surface area contributed by atoms with Crippen molar-refractivity contribution in [2.45, 2.75) is 6.54 Å². The van der Waals surface area contributed by atoms with Gasteiger partial charge in [0.25, 0.3) is 0 Å². The summed E-state index contributed by atoms with van der Waals surface area (Å²) >= 11 is 6.32. The fourth-order valence-corrected chi connectivity index (χ4v) is 2.55. The van der Waals surface area contributed by atoms with E-state index in [0.29, 0.717) is 0 Å². The van der Waals surface area contributed by atoms with E-state index in [2.05, 4.69) is 46.7 Å². The Bertz CT molecular complexity index is 753. The topological polar surface area (TPSA) is 24.9 Å². The molecular formula is C17H15ClN2.